The average Bonchev–Trinajstić information content (AvgIpc) is 2.98. The molecule has 124 valence electrons. The smallest absolute Gasteiger partial charge is 0.255 e. The Morgan fingerprint density at radius 1 is 1.35 bits per heavy atom. The summed E-state index contributed by atoms with van der Waals surface area (Å²) in [5, 5.41) is 5.18. The molecule has 2 heterocycles. The third-order valence-corrected chi connectivity index (χ3v) is 3.93. The van der Waals surface area contributed by atoms with Crippen molar-refractivity contribution in [3.8, 4) is 0 Å². The molecular weight excluding hydrogens is 315 g/mol. The monoisotopic (exact) mass is 336 g/mol. The zero-order chi connectivity index (χ0) is 17.0. The molecule has 23 heavy (non-hydrogen) atoms. The molecule has 1 atom stereocenters. The second-order valence-electron chi connectivity index (χ2n) is 5.84. The first-order valence-corrected chi connectivity index (χ1v) is 8.09. The number of nitrogens with one attached hydrogen (secondary N) is 1. The van der Waals surface area contributed by atoms with E-state index in [0.717, 1.165) is 4.88 Å². The van der Waals surface area contributed by atoms with Gasteiger partial charge in [0.2, 0.25) is 5.95 Å². The fourth-order valence-corrected chi connectivity index (χ4v) is 2.46. The summed E-state index contributed by atoms with van der Waals surface area (Å²) in [7, 11) is 3.67. The predicted molar refractivity (Wildman–Crippen MR) is 92.2 cm³/mol. The zero-order valence-corrected chi connectivity index (χ0v) is 14.7. The van der Waals surface area contributed by atoms with Gasteiger partial charge in [-0.1, -0.05) is 6.07 Å². The minimum atomic E-state index is -1.67. The standard InChI is InChI=1S/C15H21FN6S/c1-10(11-7-6-8-23-11)18-14-20-12(15(2,3)16)19-13(21-14)17-9-22(4)5/h6-10H,1-5H3,(H,18,19,20,21)/b17-9+. The van der Waals surface area contributed by atoms with Crippen LogP contribution in [-0.2, 0) is 5.67 Å². The van der Waals surface area contributed by atoms with E-state index in [1.165, 1.54) is 13.8 Å². The van der Waals surface area contributed by atoms with Crippen molar-refractivity contribution in [3.63, 3.8) is 0 Å². The van der Waals surface area contributed by atoms with Crippen LogP contribution < -0.4 is 5.32 Å². The van der Waals surface area contributed by atoms with Gasteiger partial charge in [0, 0.05) is 19.0 Å². The topological polar surface area (TPSA) is 66.3 Å². The Hall–Kier alpha value is -2.09. The van der Waals surface area contributed by atoms with Gasteiger partial charge in [0.15, 0.2) is 11.5 Å². The van der Waals surface area contributed by atoms with Gasteiger partial charge in [-0.05, 0) is 32.2 Å². The summed E-state index contributed by atoms with van der Waals surface area (Å²) >= 11 is 1.63. The summed E-state index contributed by atoms with van der Waals surface area (Å²) in [6.45, 7) is 4.82. The summed E-state index contributed by atoms with van der Waals surface area (Å²) < 4.78 is 14.3. The summed E-state index contributed by atoms with van der Waals surface area (Å²) in [6, 6.07) is 4.02. The fraction of sp³-hybridized carbons (Fsp3) is 0.467. The second-order valence-corrected chi connectivity index (χ2v) is 6.82. The lowest BCUT2D eigenvalue weighted by Crippen LogP contribution is -2.18. The Labute approximate surface area is 139 Å². The van der Waals surface area contributed by atoms with E-state index in [1.807, 2.05) is 38.5 Å². The predicted octanol–water partition coefficient (Wildman–Crippen LogP) is 3.53. The minimum Gasteiger partial charge on any atom is -0.369 e. The van der Waals surface area contributed by atoms with Gasteiger partial charge in [-0.15, -0.1) is 11.3 Å². The van der Waals surface area contributed by atoms with Crippen molar-refractivity contribution in [3.05, 3.63) is 28.2 Å². The molecule has 1 unspecified atom stereocenters. The van der Waals surface area contributed by atoms with Crippen LogP contribution in [0, 0.1) is 0 Å². The van der Waals surface area contributed by atoms with Crippen LogP contribution in [0.15, 0.2) is 22.5 Å². The van der Waals surface area contributed by atoms with E-state index in [-0.39, 0.29) is 17.8 Å². The summed E-state index contributed by atoms with van der Waals surface area (Å²) in [5.41, 5.74) is -1.67. The van der Waals surface area contributed by atoms with Crippen molar-refractivity contribution < 1.29 is 4.39 Å². The first kappa shape index (κ1) is 17.3. The van der Waals surface area contributed by atoms with Gasteiger partial charge in [-0.25, -0.2) is 9.38 Å². The number of nitrogens with zero attached hydrogens (tertiary/aromatic N) is 5. The highest BCUT2D eigenvalue weighted by molar-refractivity contribution is 7.10. The maximum absolute atomic E-state index is 14.3. The van der Waals surface area contributed by atoms with Crippen LogP contribution in [-0.4, -0.2) is 40.3 Å². The van der Waals surface area contributed by atoms with Crippen molar-refractivity contribution in [1.29, 1.82) is 0 Å². The van der Waals surface area contributed by atoms with Crippen molar-refractivity contribution in [2.24, 2.45) is 4.99 Å². The van der Waals surface area contributed by atoms with Crippen LogP contribution in [0.1, 0.15) is 37.5 Å². The second kappa shape index (κ2) is 6.99. The Balaban J connectivity index is 2.32. The van der Waals surface area contributed by atoms with Gasteiger partial charge in [-0.3, -0.25) is 0 Å². The van der Waals surface area contributed by atoms with E-state index in [2.05, 4.69) is 25.3 Å². The van der Waals surface area contributed by atoms with E-state index in [4.69, 9.17) is 0 Å². The lowest BCUT2D eigenvalue weighted by Gasteiger charge is -2.16. The molecule has 0 aliphatic rings. The first-order chi connectivity index (χ1) is 10.8. The number of alkyl halides is 1. The Morgan fingerprint density at radius 3 is 2.65 bits per heavy atom. The molecule has 2 rings (SSSR count). The Bertz CT molecular complexity index is 663. The number of thiophene rings is 1. The molecule has 0 aromatic carbocycles. The molecule has 2 aromatic rings. The molecule has 0 aliphatic carbocycles. The van der Waals surface area contributed by atoms with Gasteiger partial charge >= 0.3 is 0 Å². The molecule has 6 nitrogen and oxygen atoms in total. The number of aromatic nitrogens is 3. The third kappa shape index (κ3) is 4.95. The SMILES string of the molecule is CC(Nc1nc(/N=C/N(C)C)nc(C(C)(C)F)n1)c1cccs1. The van der Waals surface area contributed by atoms with Gasteiger partial charge in [0.25, 0.3) is 5.95 Å². The molecule has 0 aliphatic heterocycles. The summed E-state index contributed by atoms with van der Waals surface area (Å²) in [5.74, 6) is 0.544. The molecule has 0 spiro atoms. The van der Waals surface area contributed by atoms with E-state index in [1.54, 1.807) is 22.6 Å². The van der Waals surface area contributed by atoms with E-state index in [9.17, 15) is 4.39 Å². The molecule has 0 saturated heterocycles. The molecule has 2 aromatic heterocycles. The lowest BCUT2D eigenvalue weighted by molar-refractivity contribution is 0.206. The Morgan fingerprint density at radius 2 is 2.09 bits per heavy atom. The first-order valence-electron chi connectivity index (χ1n) is 7.21. The maximum Gasteiger partial charge on any atom is 0.255 e. The molecule has 0 bridgehead atoms. The molecular formula is C15H21FN6S. The number of halogens is 1. The highest BCUT2D eigenvalue weighted by Crippen LogP contribution is 2.26. The van der Waals surface area contributed by atoms with Gasteiger partial charge in [0.05, 0.1) is 12.4 Å². The van der Waals surface area contributed by atoms with Crippen molar-refractivity contribution in [2.75, 3.05) is 19.4 Å². The van der Waals surface area contributed by atoms with Crippen molar-refractivity contribution in [1.82, 2.24) is 19.9 Å². The van der Waals surface area contributed by atoms with E-state index >= 15 is 0 Å². The van der Waals surface area contributed by atoms with Gasteiger partial charge in [-0.2, -0.15) is 15.0 Å². The largest absolute Gasteiger partial charge is 0.369 e. The number of aliphatic imine (C=N–C) groups is 1. The molecule has 0 fully saturated rings. The molecule has 0 amide bonds. The normalized spacial score (nSPS) is 13.3. The lowest BCUT2D eigenvalue weighted by atomic mass is 10.1. The maximum atomic E-state index is 14.3. The highest BCUT2D eigenvalue weighted by atomic mass is 32.1. The van der Waals surface area contributed by atoms with Crippen LogP contribution in [0.3, 0.4) is 0 Å². The number of hydrogen-bond donors (Lipinski definition) is 1. The fourth-order valence-electron chi connectivity index (χ4n) is 1.72. The molecule has 0 saturated carbocycles. The minimum absolute atomic E-state index is 0.0126. The zero-order valence-electron chi connectivity index (χ0n) is 13.9. The number of hydrogen-bond acceptors (Lipinski definition) is 6. The number of anilines is 1. The highest BCUT2D eigenvalue weighted by Gasteiger charge is 2.25. The van der Waals surface area contributed by atoms with Gasteiger partial charge < -0.3 is 10.2 Å². The van der Waals surface area contributed by atoms with Crippen LogP contribution in [0.4, 0.5) is 16.3 Å². The number of rotatable bonds is 6. The summed E-state index contributed by atoms with van der Waals surface area (Å²) in [4.78, 5) is 19.6. The van der Waals surface area contributed by atoms with Gasteiger partial charge in [0.1, 0.15) is 0 Å². The van der Waals surface area contributed by atoms with E-state index in [0.29, 0.717) is 5.95 Å². The molecule has 0 radical (unpaired) electrons. The molecule has 1 N–H and O–H groups in total. The van der Waals surface area contributed by atoms with E-state index < -0.39 is 5.67 Å². The quantitative estimate of drug-likeness (QED) is 0.646. The van der Waals surface area contributed by atoms with Crippen LogP contribution in [0.5, 0.6) is 0 Å². The van der Waals surface area contributed by atoms with Crippen molar-refractivity contribution in [2.45, 2.75) is 32.5 Å². The Kier molecular flexibility index (Phi) is 5.25. The van der Waals surface area contributed by atoms with Crippen LogP contribution >= 0.6 is 11.3 Å². The average molecular weight is 336 g/mol. The molecule has 8 heteroatoms. The van der Waals surface area contributed by atoms with Crippen LogP contribution in [0.25, 0.3) is 0 Å². The van der Waals surface area contributed by atoms with Crippen molar-refractivity contribution >= 4 is 29.6 Å². The van der Waals surface area contributed by atoms with Crippen LogP contribution in [0.2, 0.25) is 0 Å². The summed E-state index contributed by atoms with van der Waals surface area (Å²) in [6.07, 6.45) is 1.57. The third-order valence-electron chi connectivity index (χ3n) is 2.88.